The van der Waals surface area contributed by atoms with E-state index >= 15 is 0 Å². The number of carbonyl (C=O) groups excluding carboxylic acids is 1. The Morgan fingerprint density at radius 3 is 2.58 bits per heavy atom. The molecule has 0 aliphatic rings. The Balaban J connectivity index is 2.39. The lowest BCUT2D eigenvalue weighted by molar-refractivity contribution is 0.0951. The molecule has 1 aromatic carbocycles. The van der Waals surface area contributed by atoms with Gasteiger partial charge in [0.15, 0.2) is 0 Å². The van der Waals surface area contributed by atoms with Crippen molar-refractivity contribution in [3.8, 4) is 0 Å². The average molecular weight is 267 g/mol. The fourth-order valence-electron chi connectivity index (χ4n) is 1.89. The molecule has 0 bridgehead atoms. The van der Waals surface area contributed by atoms with E-state index in [2.05, 4.69) is 24.1 Å². The van der Waals surface area contributed by atoms with Gasteiger partial charge in [-0.1, -0.05) is 13.8 Å². The van der Waals surface area contributed by atoms with Crippen LogP contribution in [0.1, 0.15) is 30.6 Å². The van der Waals surface area contributed by atoms with Crippen molar-refractivity contribution in [2.24, 2.45) is 0 Å². The van der Waals surface area contributed by atoms with Crippen LogP contribution >= 0.6 is 0 Å². The van der Waals surface area contributed by atoms with E-state index < -0.39 is 5.82 Å². The van der Waals surface area contributed by atoms with Gasteiger partial charge in [0, 0.05) is 17.8 Å². The van der Waals surface area contributed by atoms with Crippen molar-refractivity contribution in [1.82, 2.24) is 10.2 Å². The Bertz CT molecular complexity index is 399. The molecule has 106 valence electrons. The van der Waals surface area contributed by atoms with Gasteiger partial charge in [0.05, 0.1) is 0 Å². The Labute approximate surface area is 113 Å². The second-order valence-electron chi connectivity index (χ2n) is 4.41. The van der Waals surface area contributed by atoms with Crippen LogP contribution in [-0.4, -0.2) is 37.0 Å². The molecule has 0 unspecified atom stereocenters. The molecule has 0 saturated heterocycles. The highest BCUT2D eigenvalue weighted by atomic mass is 19.1. The van der Waals surface area contributed by atoms with Gasteiger partial charge >= 0.3 is 0 Å². The van der Waals surface area contributed by atoms with Crippen molar-refractivity contribution in [1.29, 1.82) is 0 Å². The van der Waals surface area contributed by atoms with E-state index in [4.69, 9.17) is 5.73 Å². The van der Waals surface area contributed by atoms with Crippen LogP contribution in [0, 0.1) is 5.82 Å². The first-order valence-electron chi connectivity index (χ1n) is 6.63. The highest BCUT2D eigenvalue weighted by molar-refractivity contribution is 5.95. The second kappa shape index (κ2) is 7.74. The predicted molar refractivity (Wildman–Crippen MR) is 75.6 cm³/mol. The van der Waals surface area contributed by atoms with E-state index in [9.17, 15) is 9.18 Å². The molecule has 0 aliphatic heterocycles. The first kappa shape index (κ1) is 15.4. The highest BCUT2D eigenvalue weighted by Gasteiger charge is 2.07. The maximum Gasteiger partial charge on any atom is 0.251 e. The quantitative estimate of drug-likeness (QED) is 0.585. The lowest BCUT2D eigenvalue weighted by Crippen LogP contribution is -2.30. The minimum Gasteiger partial charge on any atom is -0.399 e. The number of amides is 1. The maximum absolute atomic E-state index is 13.1. The van der Waals surface area contributed by atoms with Gasteiger partial charge in [0.2, 0.25) is 0 Å². The molecule has 0 atom stereocenters. The van der Waals surface area contributed by atoms with Crippen LogP contribution in [0.2, 0.25) is 0 Å². The molecule has 5 heteroatoms. The van der Waals surface area contributed by atoms with Crippen LogP contribution in [-0.2, 0) is 0 Å². The number of nitrogens with zero attached hydrogens (tertiary/aromatic N) is 1. The molecule has 3 N–H and O–H groups in total. The average Bonchev–Trinajstić information content (AvgIpc) is 2.37. The lowest BCUT2D eigenvalue weighted by Gasteiger charge is -2.17. The molecule has 19 heavy (non-hydrogen) atoms. The van der Waals surface area contributed by atoms with E-state index in [1.807, 2.05) is 0 Å². The zero-order chi connectivity index (χ0) is 14.3. The van der Waals surface area contributed by atoms with Crippen molar-refractivity contribution in [3.63, 3.8) is 0 Å². The molecule has 4 nitrogen and oxygen atoms in total. The van der Waals surface area contributed by atoms with Gasteiger partial charge in [-0.25, -0.2) is 4.39 Å². The van der Waals surface area contributed by atoms with E-state index in [1.54, 1.807) is 0 Å². The van der Waals surface area contributed by atoms with Gasteiger partial charge < -0.3 is 16.0 Å². The standard InChI is InChI=1S/C14H22FN3O/c1-3-18(4-2)7-5-6-17-14(19)11-8-12(15)10-13(16)9-11/h8-10H,3-7,16H2,1-2H3,(H,17,19). The van der Waals surface area contributed by atoms with Crippen LogP contribution in [0.5, 0.6) is 0 Å². The number of halogens is 1. The third-order valence-corrected chi connectivity index (χ3v) is 3.01. The van der Waals surface area contributed by atoms with Crippen molar-refractivity contribution >= 4 is 11.6 Å². The first-order valence-corrected chi connectivity index (χ1v) is 6.63. The summed E-state index contributed by atoms with van der Waals surface area (Å²) < 4.78 is 13.1. The van der Waals surface area contributed by atoms with Gasteiger partial charge in [0.1, 0.15) is 5.82 Å². The van der Waals surface area contributed by atoms with Gasteiger partial charge in [-0.05, 0) is 44.3 Å². The summed E-state index contributed by atoms with van der Waals surface area (Å²) in [6, 6.07) is 3.86. The number of nitrogens with one attached hydrogen (secondary N) is 1. The molecule has 0 radical (unpaired) electrons. The van der Waals surface area contributed by atoms with Gasteiger partial charge in [-0.2, -0.15) is 0 Å². The zero-order valence-corrected chi connectivity index (χ0v) is 11.6. The number of nitrogen functional groups attached to an aromatic ring is 1. The summed E-state index contributed by atoms with van der Waals surface area (Å²) in [6.07, 6.45) is 0.873. The molecule has 0 aromatic heterocycles. The van der Waals surface area contributed by atoms with E-state index in [0.717, 1.165) is 26.1 Å². The molecule has 1 rings (SSSR count). The fraction of sp³-hybridized carbons (Fsp3) is 0.500. The minimum absolute atomic E-state index is 0.258. The maximum atomic E-state index is 13.1. The van der Waals surface area contributed by atoms with E-state index in [-0.39, 0.29) is 17.2 Å². The van der Waals surface area contributed by atoms with Crippen LogP contribution in [0.15, 0.2) is 18.2 Å². The molecule has 0 spiro atoms. The number of carbonyl (C=O) groups is 1. The monoisotopic (exact) mass is 267 g/mol. The first-order chi connectivity index (χ1) is 9.06. The molecular weight excluding hydrogens is 245 g/mol. The molecule has 0 fully saturated rings. The Morgan fingerprint density at radius 2 is 2.00 bits per heavy atom. The molecule has 0 heterocycles. The summed E-state index contributed by atoms with van der Waals surface area (Å²) in [5.74, 6) is -0.779. The molecule has 1 amide bonds. The number of hydrogen-bond donors (Lipinski definition) is 2. The molecule has 0 saturated carbocycles. The predicted octanol–water partition coefficient (Wildman–Crippen LogP) is 1.87. The highest BCUT2D eigenvalue weighted by Crippen LogP contribution is 2.10. The summed E-state index contributed by atoms with van der Waals surface area (Å²) in [6.45, 7) is 7.75. The molecule has 0 aliphatic carbocycles. The number of rotatable bonds is 7. The van der Waals surface area contributed by atoms with Gasteiger partial charge in [-0.15, -0.1) is 0 Å². The van der Waals surface area contributed by atoms with E-state index in [1.165, 1.54) is 18.2 Å². The molecular formula is C14H22FN3O. The SMILES string of the molecule is CCN(CC)CCCNC(=O)c1cc(N)cc(F)c1. The van der Waals surface area contributed by atoms with Crippen molar-refractivity contribution in [2.75, 3.05) is 31.9 Å². The number of hydrogen-bond acceptors (Lipinski definition) is 3. The van der Waals surface area contributed by atoms with E-state index in [0.29, 0.717) is 6.54 Å². The van der Waals surface area contributed by atoms with Crippen molar-refractivity contribution in [3.05, 3.63) is 29.6 Å². The number of anilines is 1. The largest absolute Gasteiger partial charge is 0.399 e. The van der Waals surface area contributed by atoms with Crippen LogP contribution in [0.4, 0.5) is 10.1 Å². The fourth-order valence-corrected chi connectivity index (χ4v) is 1.89. The normalized spacial score (nSPS) is 10.7. The summed E-state index contributed by atoms with van der Waals surface area (Å²) in [5, 5.41) is 2.77. The third-order valence-electron chi connectivity index (χ3n) is 3.01. The Kier molecular flexibility index (Phi) is 6.29. The third kappa shape index (κ3) is 5.26. The Morgan fingerprint density at radius 1 is 1.32 bits per heavy atom. The summed E-state index contributed by atoms with van der Waals surface area (Å²) in [4.78, 5) is 14.1. The van der Waals surface area contributed by atoms with Crippen LogP contribution in [0.3, 0.4) is 0 Å². The van der Waals surface area contributed by atoms with Gasteiger partial charge in [0.25, 0.3) is 5.91 Å². The van der Waals surface area contributed by atoms with Gasteiger partial charge in [-0.3, -0.25) is 4.79 Å². The number of benzene rings is 1. The van der Waals surface area contributed by atoms with Crippen molar-refractivity contribution < 1.29 is 9.18 Å². The van der Waals surface area contributed by atoms with Crippen molar-refractivity contribution in [2.45, 2.75) is 20.3 Å². The summed E-state index contributed by atoms with van der Waals surface area (Å²) in [5.41, 5.74) is 6.02. The smallest absolute Gasteiger partial charge is 0.251 e. The van der Waals surface area contributed by atoms with Crippen LogP contribution < -0.4 is 11.1 Å². The molecule has 1 aromatic rings. The topological polar surface area (TPSA) is 58.4 Å². The second-order valence-corrected chi connectivity index (χ2v) is 4.41. The number of nitrogens with two attached hydrogens (primary N) is 1. The minimum atomic E-state index is -0.492. The Hall–Kier alpha value is -1.62. The van der Waals surface area contributed by atoms with Crippen LogP contribution in [0.25, 0.3) is 0 Å². The summed E-state index contributed by atoms with van der Waals surface area (Å²) >= 11 is 0. The summed E-state index contributed by atoms with van der Waals surface area (Å²) in [7, 11) is 0. The zero-order valence-electron chi connectivity index (χ0n) is 11.6. The lowest BCUT2D eigenvalue weighted by atomic mass is 10.2.